The van der Waals surface area contributed by atoms with Gasteiger partial charge in [-0.3, -0.25) is 4.79 Å². The minimum atomic E-state index is -4.71. The van der Waals surface area contributed by atoms with E-state index in [0.29, 0.717) is 17.7 Å². The third kappa shape index (κ3) is 5.99. The van der Waals surface area contributed by atoms with Crippen molar-refractivity contribution in [3.05, 3.63) is 65.0 Å². The molecule has 1 atom stereocenters. The highest BCUT2D eigenvalue weighted by atomic mass is 35.5. The summed E-state index contributed by atoms with van der Waals surface area (Å²) in [6, 6.07) is 3.15. The molecule has 7 nitrogen and oxygen atoms in total. The van der Waals surface area contributed by atoms with Gasteiger partial charge in [-0.15, -0.1) is 12.4 Å². The van der Waals surface area contributed by atoms with Gasteiger partial charge in [-0.05, 0) is 24.1 Å². The molecule has 0 radical (unpaired) electrons. The molecule has 0 spiro atoms. The Morgan fingerprint density at radius 3 is 2.46 bits per heavy atom. The number of carbonyl (C=O) groups is 1. The predicted octanol–water partition coefficient (Wildman–Crippen LogP) is 4.11. The number of methoxy groups -OCH3 is 1. The van der Waals surface area contributed by atoms with Gasteiger partial charge in [0.05, 0.1) is 25.0 Å². The summed E-state index contributed by atoms with van der Waals surface area (Å²) in [4.78, 5) is 22.0. The third-order valence-corrected chi connectivity index (χ3v) is 5.84. The Labute approximate surface area is 213 Å². The molecule has 1 aliphatic heterocycles. The Bertz CT molecular complexity index is 1280. The molecule has 4 rings (SSSR count). The molecule has 3 heterocycles. The number of nitrogens with two attached hydrogens (primary N) is 1. The number of alkyl halides is 3. The monoisotopic (exact) mass is 549 g/mol. The lowest BCUT2D eigenvalue weighted by Crippen LogP contribution is -2.42. The Balaban J connectivity index is 0.00000380. The van der Waals surface area contributed by atoms with Crippen LogP contribution in [0.1, 0.15) is 23.5 Å². The lowest BCUT2D eigenvalue weighted by Gasteiger charge is -2.30. The van der Waals surface area contributed by atoms with Crippen molar-refractivity contribution in [3.63, 3.8) is 0 Å². The van der Waals surface area contributed by atoms with Crippen molar-refractivity contribution in [3.8, 4) is 17.1 Å². The molecule has 2 N–H and O–H groups in total. The first kappa shape index (κ1) is 28.3. The zero-order chi connectivity index (χ0) is 26.2. The maximum Gasteiger partial charge on any atom is 0.449 e. The molecule has 2 aromatic heterocycles. The number of nitrogens with zero attached hydrogens (tertiary/aromatic N) is 4. The van der Waals surface area contributed by atoms with Crippen LogP contribution in [0.25, 0.3) is 11.3 Å². The van der Waals surface area contributed by atoms with E-state index in [9.17, 15) is 31.1 Å². The number of halogens is 7. The minimum Gasteiger partial charge on any atom is -0.481 e. The van der Waals surface area contributed by atoms with Crippen molar-refractivity contribution in [2.75, 3.05) is 13.7 Å². The molecule has 37 heavy (non-hydrogen) atoms. The zero-order valence-corrected chi connectivity index (χ0v) is 20.2. The molecule has 1 unspecified atom stereocenters. The van der Waals surface area contributed by atoms with Gasteiger partial charge in [-0.2, -0.15) is 13.2 Å². The fraction of sp³-hybridized carbons (Fsp3) is 0.348. The summed E-state index contributed by atoms with van der Waals surface area (Å²) in [5, 5.41) is 0. The SMILES string of the molecule is COc1ccc(-c2nc(C(F)(F)F)n3c2CN(C(=O)CC(N)Cc2cc(F)c(F)cc2F)CC3)cn1.Cl. The average molecular weight is 550 g/mol. The standard InChI is InChI=1S/C23H21F6N5O2.ClH/c1-36-19-3-2-12(10-31-19)21-18-11-33(4-5-34(18)22(32-21)23(27,28)29)20(35)8-14(30)6-13-7-16(25)17(26)9-15(13)24;/h2-3,7,9-10,14H,4-6,8,11,30H2,1H3;1H. The summed E-state index contributed by atoms with van der Waals surface area (Å²) < 4.78 is 87.5. The fourth-order valence-electron chi connectivity index (χ4n) is 4.10. The van der Waals surface area contributed by atoms with Crippen LogP contribution in [0.2, 0.25) is 0 Å². The molecule has 200 valence electrons. The van der Waals surface area contributed by atoms with E-state index < -0.39 is 41.4 Å². The van der Waals surface area contributed by atoms with Crippen molar-refractivity contribution < 1.29 is 35.9 Å². The molecular formula is C23H22ClF6N5O2. The van der Waals surface area contributed by atoms with Gasteiger partial charge >= 0.3 is 6.18 Å². The first-order chi connectivity index (χ1) is 17.0. The summed E-state index contributed by atoms with van der Waals surface area (Å²) >= 11 is 0. The van der Waals surface area contributed by atoms with Crippen LogP contribution in [-0.4, -0.2) is 45.0 Å². The molecule has 0 aliphatic carbocycles. The Hall–Kier alpha value is -3.32. The number of hydrogen-bond donors (Lipinski definition) is 1. The molecule has 3 aromatic rings. The van der Waals surface area contributed by atoms with Crippen LogP contribution in [-0.2, 0) is 30.5 Å². The van der Waals surface area contributed by atoms with E-state index in [1.165, 1.54) is 30.3 Å². The number of imidazole rings is 1. The number of pyridine rings is 1. The second-order valence-electron chi connectivity index (χ2n) is 8.31. The summed E-state index contributed by atoms with van der Waals surface area (Å²) in [6.45, 7) is -0.354. The summed E-state index contributed by atoms with van der Waals surface area (Å²) in [5.74, 6) is -4.87. The highest BCUT2D eigenvalue weighted by molar-refractivity contribution is 5.85. The van der Waals surface area contributed by atoms with Gasteiger partial charge in [0.15, 0.2) is 11.6 Å². The van der Waals surface area contributed by atoms with Crippen LogP contribution < -0.4 is 10.5 Å². The molecule has 1 amide bonds. The average Bonchev–Trinajstić information content (AvgIpc) is 3.22. The molecule has 0 bridgehead atoms. The maximum atomic E-state index is 13.9. The van der Waals surface area contributed by atoms with E-state index in [1.807, 2.05) is 0 Å². The highest BCUT2D eigenvalue weighted by Crippen LogP contribution is 2.36. The number of ether oxygens (including phenoxy) is 1. The lowest BCUT2D eigenvalue weighted by atomic mass is 10.0. The van der Waals surface area contributed by atoms with Crippen LogP contribution in [0.5, 0.6) is 5.88 Å². The largest absolute Gasteiger partial charge is 0.481 e. The lowest BCUT2D eigenvalue weighted by molar-refractivity contribution is -0.148. The van der Waals surface area contributed by atoms with E-state index in [2.05, 4.69) is 9.97 Å². The molecule has 0 fully saturated rings. The third-order valence-electron chi connectivity index (χ3n) is 5.84. The smallest absolute Gasteiger partial charge is 0.449 e. The van der Waals surface area contributed by atoms with Crippen molar-refractivity contribution in [1.29, 1.82) is 0 Å². The summed E-state index contributed by atoms with van der Waals surface area (Å²) in [6.07, 6.45) is -3.90. The minimum absolute atomic E-state index is 0. The molecule has 14 heteroatoms. The van der Waals surface area contributed by atoms with Crippen molar-refractivity contribution in [1.82, 2.24) is 19.4 Å². The predicted molar refractivity (Wildman–Crippen MR) is 122 cm³/mol. The fourth-order valence-corrected chi connectivity index (χ4v) is 4.10. The van der Waals surface area contributed by atoms with Crippen LogP contribution >= 0.6 is 12.4 Å². The number of carbonyl (C=O) groups excluding carboxylic acids is 1. The first-order valence-corrected chi connectivity index (χ1v) is 10.8. The van der Waals surface area contributed by atoms with Gasteiger partial charge in [-0.1, -0.05) is 0 Å². The first-order valence-electron chi connectivity index (χ1n) is 10.8. The van der Waals surface area contributed by atoms with E-state index >= 15 is 0 Å². The topological polar surface area (TPSA) is 86.3 Å². The Morgan fingerprint density at radius 1 is 1.14 bits per heavy atom. The van der Waals surface area contributed by atoms with Gasteiger partial charge < -0.3 is 19.9 Å². The molecule has 1 aliphatic rings. The molecule has 1 aromatic carbocycles. The van der Waals surface area contributed by atoms with E-state index in [1.54, 1.807) is 0 Å². The maximum absolute atomic E-state index is 13.9. The summed E-state index contributed by atoms with van der Waals surface area (Å²) in [7, 11) is 1.40. The van der Waals surface area contributed by atoms with Crippen molar-refractivity contribution in [2.24, 2.45) is 5.73 Å². The van der Waals surface area contributed by atoms with Crippen molar-refractivity contribution in [2.45, 2.75) is 38.1 Å². The Morgan fingerprint density at radius 2 is 1.84 bits per heavy atom. The number of aromatic nitrogens is 3. The number of hydrogen-bond acceptors (Lipinski definition) is 5. The zero-order valence-electron chi connectivity index (χ0n) is 19.4. The highest BCUT2D eigenvalue weighted by Gasteiger charge is 2.41. The molecular weight excluding hydrogens is 528 g/mol. The van der Waals surface area contributed by atoms with Gasteiger partial charge in [0.2, 0.25) is 17.6 Å². The van der Waals surface area contributed by atoms with Crippen LogP contribution in [0, 0.1) is 17.5 Å². The number of benzene rings is 1. The van der Waals surface area contributed by atoms with Crippen LogP contribution in [0.15, 0.2) is 30.5 Å². The van der Waals surface area contributed by atoms with Gasteiger partial charge in [-0.25, -0.2) is 23.1 Å². The second kappa shape index (κ2) is 11.0. The van der Waals surface area contributed by atoms with Crippen molar-refractivity contribution >= 4 is 18.3 Å². The van der Waals surface area contributed by atoms with E-state index in [4.69, 9.17) is 10.5 Å². The van der Waals surface area contributed by atoms with Gasteiger partial charge in [0, 0.05) is 49.4 Å². The number of fused-ring (bicyclic) bond motifs is 1. The second-order valence-corrected chi connectivity index (χ2v) is 8.31. The normalized spacial score (nSPS) is 14.1. The van der Waals surface area contributed by atoms with Crippen LogP contribution in [0.4, 0.5) is 26.3 Å². The number of amides is 1. The number of rotatable bonds is 6. The van der Waals surface area contributed by atoms with E-state index in [0.717, 1.165) is 4.57 Å². The van der Waals surface area contributed by atoms with Gasteiger partial charge in [0.25, 0.3) is 0 Å². The Kier molecular flexibility index (Phi) is 8.38. The quantitative estimate of drug-likeness (QED) is 0.369. The van der Waals surface area contributed by atoms with E-state index in [-0.39, 0.29) is 67.7 Å². The summed E-state index contributed by atoms with van der Waals surface area (Å²) in [5.41, 5.74) is 6.29. The molecule has 0 saturated carbocycles. The van der Waals surface area contributed by atoms with Crippen LogP contribution in [0.3, 0.4) is 0 Å². The van der Waals surface area contributed by atoms with Gasteiger partial charge in [0.1, 0.15) is 5.82 Å². The molecule has 0 saturated heterocycles.